The SMILES string of the molecule is CNc1cc(C(=O)N2CCOC(c3cccc(Cc4ccccc4Cl)n3)C2)ccn1. The quantitative estimate of drug-likeness (QED) is 0.673. The van der Waals surface area contributed by atoms with Gasteiger partial charge in [0.05, 0.1) is 18.8 Å². The van der Waals surface area contributed by atoms with Gasteiger partial charge in [0.25, 0.3) is 5.91 Å². The highest BCUT2D eigenvalue weighted by atomic mass is 35.5. The average Bonchev–Trinajstić information content (AvgIpc) is 2.80. The van der Waals surface area contributed by atoms with E-state index in [2.05, 4.69) is 10.3 Å². The van der Waals surface area contributed by atoms with Crippen LogP contribution < -0.4 is 5.32 Å². The molecule has 1 amide bonds. The maximum atomic E-state index is 13.0. The molecule has 1 aliphatic heterocycles. The minimum atomic E-state index is -0.264. The number of rotatable bonds is 5. The number of carbonyl (C=O) groups is 1. The summed E-state index contributed by atoms with van der Waals surface area (Å²) < 4.78 is 5.95. The Kier molecular flexibility index (Phi) is 6.26. The molecule has 0 spiro atoms. The third kappa shape index (κ3) is 4.61. The first-order chi connectivity index (χ1) is 14.6. The summed E-state index contributed by atoms with van der Waals surface area (Å²) in [6, 6.07) is 17.2. The van der Waals surface area contributed by atoms with Crippen LogP contribution in [0.15, 0.2) is 60.8 Å². The molecule has 0 saturated carbocycles. The van der Waals surface area contributed by atoms with E-state index in [1.54, 1.807) is 25.4 Å². The molecule has 1 fully saturated rings. The molecule has 1 atom stereocenters. The Labute approximate surface area is 180 Å². The van der Waals surface area contributed by atoms with E-state index in [9.17, 15) is 4.79 Å². The Bertz CT molecular complexity index is 1040. The van der Waals surface area contributed by atoms with Crippen molar-refractivity contribution < 1.29 is 9.53 Å². The third-order valence-electron chi connectivity index (χ3n) is 5.10. The number of amides is 1. The second-order valence-corrected chi connectivity index (χ2v) is 7.52. The molecule has 7 heteroatoms. The van der Waals surface area contributed by atoms with Crippen molar-refractivity contribution in [1.29, 1.82) is 0 Å². The van der Waals surface area contributed by atoms with E-state index in [0.717, 1.165) is 22.0 Å². The highest BCUT2D eigenvalue weighted by Gasteiger charge is 2.27. The molecule has 1 unspecified atom stereocenters. The number of halogens is 1. The third-order valence-corrected chi connectivity index (χ3v) is 5.47. The average molecular weight is 423 g/mol. The lowest BCUT2D eigenvalue weighted by molar-refractivity contribution is -0.0247. The fourth-order valence-electron chi connectivity index (χ4n) is 3.51. The Morgan fingerprint density at radius 1 is 1.23 bits per heavy atom. The number of carbonyl (C=O) groups excluding carboxylic acids is 1. The van der Waals surface area contributed by atoms with Gasteiger partial charge in [-0.3, -0.25) is 9.78 Å². The molecule has 0 aliphatic carbocycles. The van der Waals surface area contributed by atoms with E-state index in [1.807, 2.05) is 47.4 Å². The van der Waals surface area contributed by atoms with Crippen molar-refractivity contribution in [3.8, 4) is 0 Å². The molecule has 0 radical (unpaired) electrons. The van der Waals surface area contributed by atoms with Crippen LogP contribution in [0.2, 0.25) is 5.02 Å². The predicted molar refractivity (Wildman–Crippen MR) is 117 cm³/mol. The van der Waals surface area contributed by atoms with Gasteiger partial charge in [-0.05, 0) is 35.9 Å². The second kappa shape index (κ2) is 9.24. The lowest BCUT2D eigenvalue weighted by atomic mass is 10.1. The molecule has 30 heavy (non-hydrogen) atoms. The van der Waals surface area contributed by atoms with Crippen LogP contribution in [0.4, 0.5) is 5.82 Å². The van der Waals surface area contributed by atoms with Crippen molar-refractivity contribution in [2.75, 3.05) is 32.1 Å². The predicted octanol–water partition coefficient (Wildman–Crippen LogP) is 3.98. The van der Waals surface area contributed by atoms with Crippen LogP contribution in [-0.2, 0) is 11.2 Å². The van der Waals surface area contributed by atoms with E-state index >= 15 is 0 Å². The van der Waals surface area contributed by atoms with Gasteiger partial charge < -0.3 is 15.0 Å². The number of benzene rings is 1. The summed E-state index contributed by atoms with van der Waals surface area (Å²) in [5, 5.41) is 3.69. The molecule has 154 valence electrons. The number of nitrogens with zero attached hydrogens (tertiary/aromatic N) is 3. The van der Waals surface area contributed by atoms with Crippen LogP contribution in [0.3, 0.4) is 0 Å². The Morgan fingerprint density at radius 3 is 2.93 bits per heavy atom. The van der Waals surface area contributed by atoms with Crippen molar-refractivity contribution in [3.05, 3.63) is 88.3 Å². The number of morpholine rings is 1. The highest BCUT2D eigenvalue weighted by molar-refractivity contribution is 6.31. The van der Waals surface area contributed by atoms with E-state index in [0.29, 0.717) is 37.5 Å². The first-order valence-electron chi connectivity index (χ1n) is 9.88. The zero-order valence-corrected chi connectivity index (χ0v) is 17.5. The van der Waals surface area contributed by atoms with Gasteiger partial charge >= 0.3 is 0 Å². The summed E-state index contributed by atoms with van der Waals surface area (Å²) in [6.45, 7) is 1.47. The summed E-state index contributed by atoms with van der Waals surface area (Å²) in [7, 11) is 1.78. The minimum Gasteiger partial charge on any atom is -0.373 e. The standard InChI is InChI=1S/C23H23ClN4O2/c1-25-22-14-17(9-10-26-22)23(29)28-11-12-30-21(15-28)20-8-4-6-18(27-20)13-16-5-2-3-7-19(16)24/h2-10,14,21H,11-13,15H2,1H3,(H,25,26). The summed E-state index contributed by atoms with van der Waals surface area (Å²) >= 11 is 6.29. The zero-order chi connectivity index (χ0) is 20.9. The van der Waals surface area contributed by atoms with Crippen molar-refractivity contribution in [1.82, 2.24) is 14.9 Å². The van der Waals surface area contributed by atoms with Crippen LogP contribution in [0.25, 0.3) is 0 Å². The molecule has 6 nitrogen and oxygen atoms in total. The fraction of sp³-hybridized carbons (Fsp3) is 0.261. The monoisotopic (exact) mass is 422 g/mol. The van der Waals surface area contributed by atoms with E-state index in [-0.39, 0.29) is 12.0 Å². The fourth-order valence-corrected chi connectivity index (χ4v) is 3.71. The van der Waals surface area contributed by atoms with E-state index < -0.39 is 0 Å². The largest absolute Gasteiger partial charge is 0.373 e. The molecular weight excluding hydrogens is 400 g/mol. The van der Waals surface area contributed by atoms with Gasteiger partial charge in [0.2, 0.25) is 0 Å². The topological polar surface area (TPSA) is 67.4 Å². The van der Waals surface area contributed by atoms with Gasteiger partial charge in [0.15, 0.2) is 0 Å². The summed E-state index contributed by atoms with van der Waals surface area (Å²) in [5.74, 6) is 0.633. The molecule has 4 rings (SSSR count). The van der Waals surface area contributed by atoms with Crippen molar-refractivity contribution in [2.24, 2.45) is 0 Å². The molecular formula is C23H23ClN4O2. The molecule has 1 saturated heterocycles. The molecule has 3 heterocycles. The molecule has 2 aromatic heterocycles. The minimum absolute atomic E-state index is 0.0329. The van der Waals surface area contributed by atoms with Gasteiger partial charge in [-0.1, -0.05) is 35.9 Å². The lowest BCUT2D eigenvalue weighted by Gasteiger charge is -2.33. The van der Waals surface area contributed by atoms with E-state index in [4.69, 9.17) is 21.3 Å². The lowest BCUT2D eigenvalue weighted by Crippen LogP contribution is -2.42. The molecule has 1 aromatic carbocycles. The van der Waals surface area contributed by atoms with E-state index in [1.165, 1.54) is 0 Å². The first kappa shape index (κ1) is 20.3. The number of pyridine rings is 2. The Morgan fingerprint density at radius 2 is 2.10 bits per heavy atom. The molecule has 0 bridgehead atoms. The summed E-state index contributed by atoms with van der Waals surface area (Å²) in [5.41, 5.74) is 3.38. The first-order valence-corrected chi connectivity index (χ1v) is 10.3. The smallest absolute Gasteiger partial charge is 0.254 e. The number of hydrogen-bond acceptors (Lipinski definition) is 5. The number of aromatic nitrogens is 2. The highest BCUT2D eigenvalue weighted by Crippen LogP contribution is 2.24. The summed E-state index contributed by atoms with van der Waals surface area (Å²) in [6.07, 6.45) is 2.02. The molecule has 1 N–H and O–H groups in total. The van der Waals surface area contributed by atoms with Crippen molar-refractivity contribution in [2.45, 2.75) is 12.5 Å². The number of hydrogen-bond donors (Lipinski definition) is 1. The number of ether oxygens (including phenoxy) is 1. The molecule has 1 aliphatic rings. The maximum Gasteiger partial charge on any atom is 0.254 e. The van der Waals surface area contributed by atoms with Crippen LogP contribution in [-0.4, -0.2) is 47.5 Å². The van der Waals surface area contributed by atoms with Crippen LogP contribution >= 0.6 is 11.6 Å². The maximum absolute atomic E-state index is 13.0. The van der Waals surface area contributed by atoms with Gasteiger partial charge in [0, 0.05) is 42.5 Å². The Balaban J connectivity index is 1.49. The normalized spacial score (nSPS) is 16.3. The van der Waals surface area contributed by atoms with Gasteiger partial charge in [0.1, 0.15) is 11.9 Å². The van der Waals surface area contributed by atoms with Gasteiger partial charge in [-0.25, -0.2) is 4.98 Å². The van der Waals surface area contributed by atoms with Gasteiger partial charge in [-0.15, -0.1) is 0 Å². The zero-order valence-electron chi connectivity index (χ0n) is 16.7. The molecule has 3 aromatic rings. The second-order valence-electron chi connectivity index (χ2n) is 7.11. The summed E-state index contributed by atoms with van der Waals surface area (Å²) in [4.78, 5) is 23.7. The Hall–Kier alpha value is -2.96. The van der Waals surface area contributed by atoms with Crippen LogP contribution in [0.5, 0.6) is 0 Å². The van der Waals surface area contributed by atoms with Crippen LogP contribution in [0.1, 0.15) is 33.4 Å². The number of nitrogens with one attached hydrogen (secondary N) is 1. The van der Waals surface area contributed by atoms with Crippen molar-refractivity contribution in [3.63, 3.8) is 0 Å². The van der Waals surface area contributed by atoms with Crippen molar-refractivity contribution >= 4 is 23.3 Å². The number of anilines is 1. The van der Waals surface area contributed by atoms with Gasteiger partial charge in [-0.2, -0.15) is 0 Å². The van der Waals surface area contributed by atoms with Crippen LogP contribution in [0, 0.1) is 0 Å².